The third-order valence-electron chi connectivity index (χ3n) is 3.80. The predicted octanol–water partition coefficient (Wildman–Crippen LogP) is 2.62. The molecule has 0 aromatic heterocycles. The summed E-state index contributed by atoms with van der Waals surface area (Å²) in [5.74, 6) is 0.140. The van der Waals surface area contributed by atoms with E-state index in [1.807, 2.05) is 38.1 Å². The third-order valence-corrected chi connectivity index (χ3v) is 3.80. The molecule has 2 atom stereocenters. The van der Waals surface area contributed by atoms with Crippen LogP contribution in [0.25, 0.3) is 0 Å². The summed E-state index contributed by atoms with van der Waals surface area (Å²) in [5, 5.41) is 6.12. The van der Waals surface area contributed by atoms with Crippen molar-refractivity contribution in [3.8, 4) is 0 Å². The highest BCUT2D eigenvalue weighted by molar-refractivity contribution is 5.77. The van der Waals surface area contributed by atoms with Gasteiger partial charge in [-0.2, -0.15) is 0 Å². The predicted molar refractivity (Wildman–Crippen MR) is 78.0 cm³/mol. The van der Waals surface area contributed by atoms with Crippen molar-refractivity contribution < 1.29 is 9.59 Å². The quantitative estimate of drug-likeness (QED) is 0.886. The minimum absolute atomic E-state index is 0.0634. The molecule has 0 radical (unpaired) electrons. The lowest BCUT2D eigenvalue weighted by atomic mass is 9.84. The van der Waals surface area contributed by atoms with Crippen LogP contribution in [-0.2, 0) is 9.59 Å². The van der Waals surface area contributed by atoms with Crippen molar-refractivity contribution in [1.82, 2.24) is 10.6 Å². The molecule has 20 heavy (non-hydrogen) atoms. The van der Waals surface area contributed by atoms with Crippen LogP contribution >= 0.6 is 0 Å². The van der Waals surface area contributed by atoms with Gasteiger partial charge in [0.25, 0.3) is 0 Å². The summed E-state index contributed by atoms with van der Waals surface area (Å²) in [6.45, 7) is 3.71. The Labute approximate surface area is 119 Å². The van der Waals surface area contributed by atoms with Gasteiger partial charge in [-0.05, 0) is 24.0 Å². The Hall–Kier alpha value is -1.84. The fraction of sp³-hybridized carbons (Fsp3) is 0.500. The van der Waals surface area contributed by atoms with Gasteiger partial charge >= 0.3 is 0 Å². The topological polar surface area (TPSA) is 58.2 Å². The van der Waals surface area contributed by atoms with Crippen LogP contribution in [0, 0.1) is 0 Å². The zero-order chi connectivity index (χ0) is 14.5. The molecule has 0 bridgehead atoms. The second-order valence-electron chi connectivity index (χ2n) is 5.15. The van der Waals surface area contributed by atoms with Crippen LogP contribution in [0.3, 0.4) is 0 Å². The second-order valence-corrected chi connectivity index (χ2v) is 5.15. The van der Waals surface area contributed by atoms with Crippen molar-refractivity contribution in [1.29, 1.82) is 0 Å². The van der Waals surface area contributed by atoms with Crippen LogP contribution in [0.5, 0.6) is 0 Å². The van der Waals surface area contributed by atoms with E-state index in [-0.39, 0.29) is 23.9 Å². The maximum absolute atomic E-state index is 11.6. The standard InChI is InChI=1S/C16H22N2O2/c1-3-15(19)17-13-9-10-14(18-16(20)4-2)12-8-6-5-7-11(12)13/h5-8,13-14H,3-4,9-10H2,1-2H3,(H,17,19)(H,18,20). The molecule has 1 aromatic carbocycles. The molecule has 2 N–H and O–H groups in total. The first-order valence-electron chi connectivity index (χ1n) is 7.33. The van der Waals surface area contributed by atoms with Crippen LogP contribution in [0.1, 0.15) is 62.7 Å². The van der Waals surface area contributed by atoms with Crippen molar-refractivity contribution in [2.24, 2.45) is 0 Å². The highest BCUT2D eigenvalue weighted by Gasteiger charge is 2.28. The number of nitrogens with one attached hydrogen (secondary N) is 2. The first kappa shape index (κ1) is 14.6. The number of fused-ring (bicyclic) bond motifs is 1. The molecule has 108 valence electrons. The monoisotopic (exact) mass is 274 g/mol. The summed E-state index contributed by atoms with van der Waals surface area (Å²) < 4.78 is 0. The fourth-order valence-electron chi connectivity index (χ4n) is 2.68. The Morgan fingerprint density at radius 1 is 0.950 bits per heavy atom. The zero-order valence-electron chi connectivity index (χ0n) is 12.1. The van der Waals surface area contributed by atoms with Crippen LogP contribution in [0.15, 0.2) is 24.3 Å². The summed E-state index contributed by atoms with van der Waals surface area (Å²) in [4.78, 5) is 23.2. The summed E-state index contributed by atoms with van der Waals surface area (Å²) in [7, 11) is 0. The Morgan fingerprint density at radius 2 is 1.35 bits per heavy atom. The fourth-order valence-corrected chi connectivity index (χ4v) is 2.68. The number of hydrogen-bond donors (Lipinski definition) is 2. The first-order valence-corrected chi connectivity index (χ1v) is 7.33. The molecular weight excluding hydrogens is 252 g/mol. The van der Waals surface area contributed by atoms with E-state index < -0.39 is 0 Å². The minimum atomic E-state index is 0.0634. The third kappa shape index (κ3) is 3.18. The van der Waals surface area contributed by atoms with Crippen molar-refractivity contribution in [3.05, 3.63) is 35.4 Å². The van der Waals surface area contributed by atoms with Gasteiger partial charge in [0.15, 0.2) is 0 Å². The lowest BCUT2D eigenvalue weighted by molar-refractivity contribution is -0.123. The molecule has 0 aliphatic heterocycles. The molecular formula is C16H22N2O2. The van der Waals surface area contributed by atoms with Gasteiger partial charge in [0.05, 0.1) is 12.1 Å². The Balaban J connectivity index is 2.20. The van der Waals surface area contributed by atoms with E-state index in [9.17, 15) is 9.59 Å². The number of amides is 2. The normalized spacial score (nSPS) is 20.9. The molecule has 0 saturated heterocycles. The molecule has 0 saturated carbocycles. The maximum Gasteiger partial charge on any atom is 0.220 e. The van der Waals surface area contributed by atoms with Gasteiger partial charge in [-0.25, -0.2) is 0 Å². The molecule has 1 aromatic rings. The molecule has 2 unspecified atom stereocenters. The number of rotatable bonds is 4. The SMILES string of the molecule is CCC(=O)NC1CCC(NC(=O)CC)c2ccccc21. The van der Waals surface area contributed by atoms with Crippen molar-refractivity contribution in [2.75, 3.05) is 0 Å². The average molecular weight is 274 g/mol. The van der Waals surface area contributed by atoms with Gasteiger partial charge in [-0.1, -0.05) is 38.1 Å². The maximum atomic E-state index is 11.6. The van der Waals surface area contributed by atoms with Crippen molar-refractivity contribution in [2.45, 2.75) is 51.6 Å². The van der Waals surface area contributed by atoms with Gasteiger partial charge in [-0.15, -0.1) is 0 Å². The highest BCUT2D eigenvalue weighted by atomic mass is 16.2. The van der Waals surface area contributed by atoms with Gasteiger partial charge in [0, 0.05) is 12.8 Å². The van der Waals surface area contributed by atoms with E-state index >= 15 is 0 Å². The van der Waals surface area contributed by atoms with Gasteiger partial charge < -0.3 is 10.6 Å². The zero-order valence-corrected chi connectivity index (χ0v) is 12.1. The molecule has 1 aliphatic carbocycles. The molecule has 2 rings (SSSR count). The van der Waals surface area contributed by atoms with Crippen molar-refractivity contribution in [3.63, 3.8) is 0 Å². The Bertz CT molecular complexity index is 454. The summed E-state index contributed by atoms with van der Waals surface area (Å²) in [5.41, 5.74) is 2.25. The lowest BCUT2D eigenvalue weighted by Gasteiger charge is -2.32. The molecule has 1 aliphatic rings. The lowest BCUT2D eigenvalue weighted by Crippen LogP contribution is -2.36. The molecule has 0 spiro atoms. The Kier molecular flexibility index (Phi) is 4.77. The van der Waals surface area contributed by atoms with Crippen LogP contribution in [-0.4, -0.2) is 11.8 Å². The summed E-state index contributed by atoms with van der Waals surface area (Å²) >= 11 is 0. The van der Waals surface area contributed by atoms with E-state index in [1.54, 1.807) is 0 Å². The average Bonchev–Trinajstić information content (AvgIpc) is 2.49. The van der Waals surface area contributed by atoms with Crippen LogP contribution in [0.4, 0.5) is 0 Å². The van der Waals surface area contributed by atoms with Crippen LogP contribution < -0.4 is 10.6 Å². The highest BCUT2D eigenvalue weighted by Crippen LogP contribution is 2.36. The molecule has 4 heteroatoms. The number of carbonyl (C=O) groups is 2. The first-order chi connectivity index (χ1) is 9.65. The van der Waals surface area contributed by atoms with Gasteiger partial charge in [0.2, 0.25) is 11.8 Å². The van der Waals surface area contributed by atoms with E-state index in [1.165, 1.54) is 0 Å². The van der Waals surface area contributed by atoms with Gasteiger partial charge in [0.1, 0.15) is 0 Å². The summed E-state index contributed by atoms with van der Waals surface area (Å²) in [6, 6.07) is 8.17. The number of hydrogen-bond acceptors (Lipinski definition) is 2. The minimum Gasteiger partial charge on any atom is -0.349 e. The summed E-state index contributed by atoms with van der Waals surface area (Å²) in [6.07, 6.45) is 2.71. The Morgan fingerprint density at radius 3 is 1.70 bits per heavy atom. The van der Waals surface area contributed by atoms with Crippen LogP contribution in [0.2, 0.25) is 0 Å². The second kappa shape index (κ2) is 6.55. The molecule has 4 nitrogen and oxygen atoms in total. The largest absolute Gasteiger partial charge is 0.349 e. The number of benzene rings is 1. The van der Waals surface area contributed by atoms with E-state index in [0.29, 0.717) is 12.8 Å². The van der Waals surface area contributed by atoms with E-state index in [0.717, 1.165) is 24.0 Å². The van der Waals surface area contributed by atoms with E-state index in [4.69, 9.17) is 0 Å². The smallest absolute Gasteiger partial charge is 0.220 e. The van der Waals surface area contributed by atoms with E-state index in [2.05, 4.69) is 10.6 Å². The van der Waals surface area contributed by atoms with Gasteiger partial charge in [-0.3, -0.25) is 9.59 Å². The molecule has 0 fully saturated rings. The number of carbonyl (C=O) groups excluding carboxylic acids is 2. The molecule has 0 heterocycles. The van der Waals surface area contributed by atoms with Crippen molar-refractivity contribution >= 4 is 11.8 Å². The molecule has 2 amide bonds.